The summed E-state index contributed by atoms with van der Waals surface area (Å²) in [5.41, 5.74) is 5.59. The molecule has 0 atom stereocenters. The zero-order valence-corrected chi connectivity index (χ0v) is 7.45. The Morgan fingerprint density at radius 3 is 2.33 bits per heavy atom. The van der Waals surface area contributed by atoms with Gasteiger partial charge in [0, 0.05) is 36.6 Å². The minimum absolute atomic E-state index is 0.0288. The molecular formula is C9H14N2O. The van der Waals surface area contributed by atoms with E-state index in [0.717, 1.165) is 0 Å². The van der Waals surface area contributed by atoms with Crippen molar-refractivity contribution in [3.63, 3.8) is 0 Å². The van der Waals surface area contributed by atoms with Gasteiger partial charge in [-0.05, 0) is 13.8 Å². The molecule has 0 bridgehead atoms. The van der Waals surface area contributed by atoms with Gasteiger partial charge >= 0.3 is 0 Å². The Morgan fingerprint density at radius 2 is 1.92 bits per heavy atom. The van der Waals surface area contributed by atoms with Crippen molar-refractivity contribution < 1.29 is 0 Å². The first-order valence-corrected chi connectivity index (χ1v) is 3.92. The summed E-state index contributed by atoms with van der Waals surface area (Å²) in [6.07, 6.45) is 3.49. The SMILES string of the molecule is CC(C)(N)Cn1ccc(=O)cc1. The van der Waals surface area contributed by atoms with Gasteiger partial charge in [0.15, 0.2) is 5.43 Å². The monoisotopic (exact) mass is 166 g/mol. The van der Waals surface area contributed by atoms with Gasteiger partial charge in [0.05, 0.1) is 0 Å². The van der Waals surface area contributed by atoms with Crippen molar-refractivity contribution in [3.05, 3.63) is 34.7 Å². The Labute approximate surface area is 71.8 Å². The minimum atomic E-state index is -0.241. The van der Waals surface area contributed by atoms with Gasteiger partial charge < -0.3 is 10.3 Å². The summed E-state index contributed by atoms with van der Waals surface area (Å²) >= 11 is 0. The Bertz CT molecular complexity index is 289. The second-order valence-electron chi connectivity index (χ2n) is 3.69. The van der Waals surface area contributed by atoms with Gasteiger partial charge in [0.25, 0.3) is 0 Å². The van der Waals surface area contributed by atoms with Gasteiger partial charge in [-0.3, -0.25) is 4.79 Å². The Kier molecular flexibility index (Phi) is 2.33. The van der Waals surface area contributed by atoms with Crippen LogP contribution in [0.1, 0.15) is 13.8 Å². The highest BCUT2D eigenvalue weighted by Crippen LogP contribution is 2.00. The van der Waals surface area contributed by atoms with Crippen LogP contribution in [-0.2, 0) is 6.54 Å². The van der Waals surface area contributed by atoms with E-state index in [-0.39, 0.29) is 11.0 Å². The molecule has 66 valence electrons. The molecule has 0 amide bonds. The highest BCUT2D eigenvalue weighted by Gasteiger charge is 2.09. The fraction of sp³-hybridized carbons (Fsp3) is 0.444. The second-order valence-corrected chi connectivity index (χ2v) is 3.69. The van der Waals surface area contributed by atoms with E-state index in [1.54, 1.807) is 12.4 Å². The van der Waals surface area contributed by atoms with Crippen molar-refractivity contribution in [1.29, 1.82) is 0 Å². The van der Waals surface area contributed by atoms with Crippen molar-refractivity contribution in [2.45, 2.75) is 25.9 Å². The molecule has 1 heterocycles. The van der Waals surface area contributed by atoms with Crippen LogP contribution < -0.4 is 11.2 Å². The van der Waals surface area contributed by atoms with Gasteiger partial charge in [-0.15, -0.1) is 0 Å². The molecule has 1 rings (SSSR count). The van der Waals surface area contributed by atoms with Crippen LogP contribution in [0, 0.1) is 0 Å². The lowest BCUT2D eigenvalue weighted by atomic mass is 10.1. The molecule has 0 fully saturated rings. The highest BCUT2D eigenvalue weighted by atomic mass is 16.1. The summed E-state index contributed by atoms with van der Waals surface area (Å²) in [6, 6.07) is 3.07. The first-order chi connectivity index (χ1) is 5.47. The molecule has 2 N–H and O–H groups in total. The summed E-state index contributed by atoms with van der Waals surface area (Å²) < 4.78 is 1.90. The normalized spacial score (nSPS) is 11.6. The lowest BCUT2D eigenvalue weighted by molar-refractivity contribution is 0.432. The van der Waals surface area contributed by atoms with Gasteiger partial charge in [-0.25, -0.2) is 0 Å². The zero-order valence-electron chi connectivity index (χ0n) is 7.45. The lowest BCUT2D eigenvalue weighted by Gasteiger charge is -2.19. The molecule has 0 aliphatic heterocycles. The van der Waals surface area contributed by atoms with Crippen LogP contribution in [0.4, 0.5) is 0 Å². The van der Waals surface area contributed by atoms with E-state index >= 15 is 0 Å². The fourth-order valence-electron chi connectivity index (χ4n) is 1.02. The van der Waals surface area contributed by atoms with Crippen LogP contribution >= 0.6 is 0 Å². The van der Waals surface area contributed by atoms with Crippen molar-refractivity contribution in [3.8, 4) is 0 Å². The summed E-state index contributed by atoms with van der Waals surface area (Å²) in [5.74, 6) is 0. The van der Waals surface area contributed by atoms with E-state index in [2.05, 4.69) is 0 Å². The molecule has 0 radical (unpaired) electrons. The standard InChI is InChI=1S/C9H14N2O/c1-9(2,10)7-11-5-3-8(12)4-6-11/h3-6H,7,10H2,1-2H3. The number of pyridine rings is 1. The maximum absolute atomic E-state index is 10.7. The molecule has 3 nitrogen and oxygen atoms in total. The van der Waals surface area contributed by atoms with Crippen LogP contribution in [0.5, 0.6) is 0 Å². The topological polar surface area (TPSA) is 48.0 Å². The van der Waals surface area contributed by atoms with Crippen LogP contribution in [0.25, 0.3) is 0 Å². The van der Waals surface area contributed by atoms with Crippen molar-refractivity contribution in [2.24, 2.45) is 5.73 Å². The van der Waals surface area contributed by atoms with Crippen LogP contribution in [-0.4, -0.2) is 10.1 Å². The van der Waals surface area contributed by atoms with Gasteiger partial charge in [0.2, 0.25) is 0 Å². The van der Waals surface area contributed by atoms with Gasteiger partial charge in [-0.2, -0.15) is 0 Å². The number of nitrogens with two attached hydrogens (primary N) is 1. The smallest absolute Gasteiger partial charge is 0.181 e. The van der Waals surface area contributed by atoms with Crippen molar-refractivity contribution >= 4 is 0 Å². The summed E-state index contributed by atoms with van der Waals surface area (Å²) in [7, 11) is 0. The van der Waals surface area contributed by atoms with E-state index in [0.29, 0.717) is 6.54 Å². The molecular weight excluding hydrogens is 152 g/mol. The molecule has 0 saturated carbocycles. The molecule has 0 unspecified atom stereocenters. The molecule has 0 aliphatic rings. The molecule has 0 aliphatic carbocycles. The average Bonchev–Trinajstić information content (AvgIpc) is 1.91. The second kappa shape index (κ2) is 3.11. The van der Waals surface area contributed by atoms with E-state index < -0.39 is 0 Å². The van der Waals surface area contributed by atoms with E-state index in [1.165, 1.54) is 12.1 Å². The van der Waals surface area contributed by atoms with Crippen LogP contribution in [0.2, 0.25) is 0 Å². The van der Waals surface area contributed by atoms with Gasteiger partial charge in [0.1, 0.15) is 0 Å². The predicted octanol–water partition coefficient (Wildman–Crippen LogP) is 0.586. The lowest BCUT2D eigenvalue weighted by Crippen LogP contribution is -2.37. The number of nitrogens with zero attached hydrogens (tertiary/aromatic N) is 1. The van der Waals surface area contributed by atoms with Crippen molar-refractivity contribution in [1.82, 2.24) is 4.57 Å². The molecule has 3 heteroatoms. The molecule has 0 saturated heterocycles. The molecule has 12 heavy (non-hydrogen) atoms. The fourth-order valence-corrected chi connectivity index (χ4v) is 1.02. The molecule has 1 aromatic rings. The number of hydrogen-bond donors (Lipinski definition) is 1. The van der Waals surface area contributed by atoms with Crippen LogP contribution in [0.15, 0.2) is 29.3 Å². The van der Waals surface area contributed by atoms with Gasteiger partial charge in [-0.1, -0.05) is 0 Å². The molecule has 1 aromatic heterocycles. The average molecular weight is 166 g/mol. The third-order valence-corrected chi connectivity index (χ3v) is 1.45. The van der Waals surface area contributed by atoms with E-state index in [1.807, 2.05) is 18.4 Å². The maximum Gasteiger partial charge on any atom is 0.181 e. The van der Waals surface area contributed by atoms with E-state index in [9.17, 15) is 4.79 Å². The predicted molar refractivity (Wildman–Crippen MR) is 49.0 cm³/mol. The van der Waals surface area contributed by atoms with E-state index in [4.69, 9.17) is 5.73 Å². The summed E-state index contributed by atoms with van der Waals surface area (Å²) in [4.78, 5) is 10.7. The molecule has 0 spiro atoms. The number of aromatic nitrogens is 1. The first kappa shape index (κ1) is 9.00. The van der Waals surface area contributed by atoms with Crippen LogP contribution in [0.3, 0.4) is 0 Å². The zero-order chi connectivity index (χ0) is 9.19. The Balaban J connectivity index is 2.78. The van der Waals surface area contributed by atoms with Crippen molar-refractivity contribution in [2.75, 3.05) is 0 Å². The third-order valence-electron chi connectivity index (χ3n) is 1.45. The maximum atomic E-state index is 10.7. The summed E-state index contributed by atoms with van der Waals surface area (Å²) in [6.45, 7) is 4.61. The highest BCUT2D eigenvalue weighted by molar-refractivity contribution is 4.94. The Morgan fingerprint density at radius 1 is 1.42 bits per heavy atom. The quantitative estimate of drug-likeness (QED) is 0.698. The number of hydrogen-bond acceptors (Lipinski definition) is 2. The molecule has 0 aromatic carbocycles. The number of rotatable bonds is 2. The third kappa shape index (κ3) is 2.88. The largest absolute Gasteiger partial charge is 0.352 e. The first-order valence-electron chi connectivity index (χ1n) is 3.92. The minimum Gasteiger partial charge on any atom is -0.352 e. The summed E-state index contributed by atoms with van der Waals surface area (Å²) in [5, 5.41) is 0. The Hall–Kier alpha value is -1.09.